The molecule has 0 bridgehead atoms. The molecule has 6 nitrogen and oxygen atoms in total. The highest BCUT2D eigenvalue weighted by Gasteiger charge is 2.12. The molecular formula is C12H10ClN5O. The van der Waals surface area contributed by atoms with Crippen molar-refractivity contribution in [3.8, 4) is 12.1 Å². The summed E-state index contributed by atoms with van der Waals surface area (Å²) < 4.78 is 0. The number of carbonyl (C=O) groups is 1. The summed E-state index contributed by atoms with van der Waals surface area (Å²) in [7, 11) is 3.22. The molecule has 1 rings (SSSR count). The second-order valence-electron chi connectivity index (χ2n) is 3.69. The van der Waals surface area contributed by atoms with Crippen molar-refractivity contribution >= 4 is 28.9 Å². The smallest absolute Gasteiger partial charge is 0.254 e. The van der Waals surface area contributed by atoms with E-state index >= 15 is 0 Å². The first-order chi connectivity index (χ1) is 8.99. The molecule has 96 valence electrons. The van der Waals surface area contributed by atoms with Gasteiger partial charge >= 0.3 is 0 Å². The van der Waals surface area contributed by atoms with E-state index in [1.54, 1.807) is 32.3 Å². The summed E-state index contributed by atoms with van der Waals surface area (Å²) in [6.45, 7) is 0. The van der Waals surface area contributed by atoms with Crippen LogP contribution in [-0.2, 0) is 0 Å². The Morgan fingerprint density at radius 3 is 2.53 bits per heavy atom. The molecule has 0 aliphatic rings. The average Bonchev–Trinajstić information content (AvgIpc) is 2.40. The molecule has 0 saturated carbocycles. The lowest BCUT2D eigenvalue weighted by atomic mass is 10.2. The first kappa shape index (κ1) is 14.5. The van der Waals surface area contributed by atoms with Crippen molar-refractivity contribution < 1.29 is 4.79 Å². The number of nitrogens with zero attached hydrogens (tertiary/aromatic N) is 4. The monoisotopic (exact) mass is 275 g/mol. The molecule has 0 unspecified atom stereocenters. The van der Waals surface area contributed by atoms with Gasteiger partial charge < -0.3 is 4.90 Å². The van der Waals surface area contributed by atoms with Crippen LogP contribution in [0.15, 0.2) is 23.3 Å². The fourth-order valence-corrected chi connectivity index (χ4v) is 1.39. The highest BCUT2D eigenvalue weighted by Crippen LogP contribution is 2.21. The molecule has 0 saturated heterocycles. The first-order valence-corrected chi connectivity index (χ1v) is 5.52. The molecule has 0 spiro atoms. The van der Waals surface area contributed by atoms with Gasteiger partial charge in [0.2, 0.25) is 5.71 Å². The van der Waals surface area contributed by atoms with E-state index in [2.05, 4.69) is 10.5 Å². The highest BCUT2D eigenvalue weighted by atomic mass is 35.5. The van der Waals surface area contributed by atoms with Crippen molar-refractivity contribution in [2.45, 2.75) is 0 Å². The molecular weight excluding hydrogens is 266 g/mol. The molecule has 0 aliphatic carbocycles. The van der Waals surface area contributed by atoms with Crippen LogP contribution in [0, 0.1) is 22.7 Å². The maximum absolute atomic E-state index is 11.8. The molecule has 0 fully saturated rings. The Bertz CT molecular complexity index is 594. The van der Waals surface area contributed by atoms with Gasteiger partial charge in [-0.3, -0.25) is 10.2 Å². The molecule has 7 heteroatoms. The van der Waals surface area contributed by atoms with Crippen molar-refractivity contribution in [2.75, 3.05) is 19.5 Å². The Morgan fingerprint density at radius 2 is 2.00 bits per heavy atom. The Balaban J connectivity index is 3.05. The molecule has 0 aromatic heterocycles. The molecule has 1 aromatic rings. The molecule has 0 atom stereocenters. The third-order valence-corrected chi connectivity index (χ3v) is 2.44. The van der Waals surface area contributed by atoms with Crippen LogP contribution < -0.4 is 5.43 Å². The number of halogens is 1. The van der Waals surface area contributed by atoms with Crippen LogP contribution in [0.1, 0.15) is 10.4 Å². The van der Waals surface area contributed by atoms with E-state index in [-0.39, 0.29) is 11.6 Å². The average molecular weight is 276 g/mol. The number of hydrogen-bond donors (Lipinski definition) is 1. The predicted molar refractivity (Wildman–Crippen MR) is 71.8 cm³/mol. The van der Waals surface area contributed by atoms with E-state index in [1.165, 1.54) is 17.0 Å². The molecule has 0 heterocycles. The number of nitrogens with one attached hydrogen (secondary N) is 1. The van der Waals surface area contributed by atoms with Gasteiger partial charge in [-0.15, -0.1) is 0 Å². The summed E-state index contributed by atoms with van der Waals surface area (Å²) in [5.41, 5.74) is 2.98. The summed E-state index contributed by atoms with van der Waals surface area (Å²) in [6, 6.07) is 7.85. The van der Waals surface area contributed by atoms with Crippen molar-refractivity contribution in [3.63, 3.8) is 0 Å². The highest BCUT2D eigenvalue weighted by molar-refractivity contribution is 6.34. The normalized spacial score (nSPS) is 8.89. The van der Waals surface area contributed by atoms with Crippen LogP contribution in [0.5, 0.6) is 0 Å². The van der Waals surface area contributed by atoms with Crippen molar-refractivity contribution in [1.29, 1.82) is 10.5 Å². The van der Waals surface area contributed by atoms with E-state index in [9.17, 15) is 4.79 Å². The van der Waals surface area contributed by atoms with E-state index in [1.807, 2.05) is 0 Å². The summed E-state index contributed by atoms with van der Waals surface area (Å²) in [4.78, 5) is 13.2. The van der Waals surface area contributed by atoms with Gasteiger partial charge in [0.15, 0.2) is 0 Å². The van der Waals surface area contributed by atoms with Gasteiger partial charge in [0.1, 0.15) is 12.1 Å². The summed E-state index contributed by atoms with van der Waals surface area (Å²) in [6.07, 6.45) is 0. The minimum atomic E-state index is -0.310. The predicted octanol–water partition coefficient (Wildman–Crippen LogP) is 1.86. The third-order valence-electron chi connectivity index (χ3n) is 2.11. The fourth-order valence-electron chi connectivity index (χ4n) is 1.20. The number of nitriles is 2. The van der Waals surface area contributed by atoms with Crippen molar-refractivity contribution in [1.82, 2.24) is 4.90 Å². The van der Waals surface area contributed by atoms with Crippen LogP contribution in [-0.4, -0.2) is 30.6 Å². The van der Waals surface area contributed by atoms with Crippen LogP contribution in [0.4, 0.5) is 5.69 Å². The van der Waals surface area contributed by atoms with Crippen LogP contribution in [0.2, 0.25) is 5.02 Å². The minimum Gasteiger partial charge on any atom is -0.345 e. The summed E-state index contributed by atoms with van der Waals surface area (Å²) >= 11 is 5.94. The number of amides is 1. The number of hydrogen-bond acceptors (Lipinski definition) is 5. The number of carbonyl (C=O) groups excluding carboxylic acids is 1. The Morgan fingerprint density at radius 1 is 1.37 bits per heavy atom. The number of benzene rings is 1. The largest absolute Gasteiger partial charge is 0.345 e. The van der Waals surface area contributed by atoms with Gasteiger partial charge in [0, 0.05) is 14.1 Å². The Labute approximate surface area is 115 Å². The van der Waals surface area contributed by atoms with Gasteiger partial charge in [0.25, 0.3) is 5.91 Å². The summed E-state index contributed by atoms with van der Waals surface area (Å²) in [5.74, 6) is -0.251. The topological polar surface area (TPSA) is 92.3 Å². The van der Waals surface area contributed by atoms with Gasteiger partial charge in [-0.05, 0) is 18.2 Å². The zero-order valence-electron chi connectivity index (χ0n) is 10.3. The molecule has 1 N–H and O–H groups in total. The van der Waals surface area contributed by atoms with Crippen LogP contribution in [0.3, 0.4) is 0 Å². The second-order valence-corrected chi connectivity index (χ2v) is 4.10. The fraction of sp³-hybridized carbons (Fsp3) is 0.167. The maximum atomic E-state index is 11.8. The molecule has 0 aliphatic heterocycles. The molecule has 0 radical (unpaired) electrons. The zero-order chi connectivity index (χ0) is 14.4. The van der Waals surface area contributed by atoms with E-state index in [0.29, 0.717) is 16.3 Å². The zero-order valence-corrected chi connectivity index (χ0v) is 11.1. The number of anilines is 1. The van der Waals surface area contributed by atoms with E-state index < -0.39 is 0 Å². The quantitative estimate of drug-likeness (QED) is 0.673. The molecule has 19 heavy (non-hydrogen) atoms. The number of hydrazone groups is 1. The van der Waals surface area contributed by atoms with Crippen molar-refractivity contribution in [2.24, 2.45) is 5.10 Å². The lowest BCUT2D eigenvalue weighted by Gasteiger charge is -2.12. The first-order valence-electron chi connectivity index (χ1n) is 5.14. The maximum Gasteiger partial charge on any atom is 0.254 e. The second kappa shape index (κ2) is 6.39. The lowest BCUT2D eigenvalue weighted by molar-refractivity contribution is 0.0828. The van der Waals surface area contributed by atoms with Gasteiger partial charge in [-0.25, -0.2) is 0 Å². The van der Waals surface area contributed by atoms with Crippen LogP contribution >= 0.6 is 11.6 Å². The SMILES string of the molecule is CN(C)C(=O)c1cc(NN=C(C#N)C#N)ccc1Cl. The summed E-state index contributed by atoms with van der Waals surface area (Å²) in [5, 5.41) is 21.0. The van der Waals surface area contributed by atoms with Crippen molar-refractivity contribution in [3.05, 3.63) is 28.8 Å². The minimum absolute atomic E-state index is 0.251. The Hall–Kier alpha value is -2.57. The molecule has 1 amide bonds. The molecule has 1 aromatic carbocycles. The Kier molecular flexibility index (Phi) is 4.87. The van der Waals surface area contributed by atoms with Gasteiger partial charge in [-0.1, -0.05) is 11.6 Å². The third kappa shape index (κ3) is 3.70. The lowest BCUT2D eigenvalue weighted by Crippen LogP contribution is -2.22. The van der Waals surface area contributed by atoms with Crippen LogP contribution in [0.25, 0.3) is 0 Å². The van der Waals surface area contributed by atoms with E-state index in [0.717, 1.165) is 0 Å². The standard InChI is InChI=1S/C12H10ClN5O/c1-18(2)12(19)10-5-8(3-4-11(10)13)16-17-9(6-14)7-15/h3-5,16H,1-2H3. The van der Waals surface area contributed by atoms with Gasteiger partial charge in [-0.2, -0.15) is 15.6 Å². The van der Waals surface area contributed by atoms with E-state index in [4.69, 9.17) is 22.1 Å². The number of rotatable bonds is 3. The van der Waals surface area contributed by atoms with Gasteiger partial charge in [0.05, 0.1) is 16.3 Å².